The van der Waals surface area contributed by atoms with Crippen molar-refractivity contribution in [2.75, 3.05) is 0 Å². The Kier molecular flexibility index (Phi) is 4.81. The maximum Gasteiger partial charge on any atom is 0.171 e. The van der Waals surface area contributed by atoms with Crippen LogP contribution in [-0.2, 0) is 4.79 Å². The largest absolute Gasteiger partial charge is 0.386 e. The van der Waals surface area contributed by atoms with Crippen LogP contribution in [-0.4, -0.2) is 28.2 Å². The molecule has 138 valence electrons. The van der Waals surface area contributed by atoms with Gasteiger partial charge < -0.3 is 10.2 Å². The highest BCUT2D eigenvalue weighted by Gasteiger charge is 2.34. The second kappa shape index (κ2) is 7.12. The lowest BCUT2D eigenvalue weighted by atomic mass is 9.85. The molecule has 2 aromatic carbocycles. The molecule has 2 N–H and O–H groups in total. The van der Waals surface area contributed by atoms with E-state index in [1.807, 2.05) is 19.1 Å². The van der Waals surface area contributed by atoms with E-state index in [1.165, 1.54) is 29.0 Å². The summed E-state index contributed by atoms with van der Waals surface area (Å²) in [5.74, 6) is -0.220. The molecule has 0 aromatic heterocycles. The van der Waals surface area contributed by atoms with Crippen molar-refractivity contribution in [1.29, 1.82) is 0 Å². The molecule has 3 nitrogen and oxygen atoms in total. The zero-order valence-corrected chi connectivity index (χ0v) is 16.2. The first kappa shape index (κ1) is 18.2. The maximum atomic E-state index is 13.1. The van der Waals surface area contributed by atoms with Gasteiger partial charge in [-0.25, -0.2) is 0 Å². The minimum atomic E-state index is -1.03. The number of aryl methyl sites for hydroxylation is 1. The van der Waals surface area contributed by atoms with E-state index in [0.29, 0.717) is 12.0 Å². The number of aliphatic hydroxyl groups is 2. The predicted octanol–water partition coefficient (Wildman–Crippen LogP) is 4.38. The van der Waals surface area contributed by atoms with Crippen LogP contribution in [0.3, 0.4) is 0 Å². The number of hydrogen-bond donors (Lipinski definition) is 2. The van der Waals surface area contributed by atoms with Crippen molar-refractivity contribution in [1.82, 2.24) is 0 Å². The monoisotopic (exact) mass is 378 g/mol. The molecule has 4 rings (SSSR count). The molecule has 0 saturated carbocycles. The van der Waals surface area contributed by atoms with Crippen molar-refractivity contribution in [2.45, 2.75) is 43.3 Å². The molecule has 0 spiro atoms. The smallest absolute Gasteiger partial charge is 0.171 e. The molecule has 3 atom stereocenters. The fourth-order valence-electron chi connectivity index (χ4n) is 3.82. The van der Waals surface area contributed by atoms with E-state index in [9.17, 15) is 15.0 Å². The number of rotatable bonds is 2. The number of allylic oxidation sites excluding steroid dienone is 1. The van der Waals surface area contributed by atoms with Gasteiger partial charge in [-0.2, -0.15) is 0 Å². The minimum Gasteiger partial charge on any atom is -0.386 e. The van der Waals surface area contributed by atoms with Crippen LogP contribution >= 0.6 is 11.8 Å². The van der Waals surface area contributed by atoms with Crippen molar-refractivity contribution < 1.29 is 15.0 Å². The highest BCUT2D eigenvalue weighted by molar-refractivity contribution is 8.03. The van der Waals surface area contributed by atoms with Gasteiger partial charge in [-0.15, -0.1) is 0 Å². The molecule has 2 aromatic rings. The van der Waals surface area contributed by atoms with E-state index in [1.54, 1.807) is 6.08 Å². The van der Waals surface area contributed by atoms with Gasteiger partial charge in [-0.3, -0.25) is 4.79 Å². The van der Waals surface area contributed by atoms with Crippen LogP contribution in [0.15, 0.2) is 70.0 Å². The lowest BCUT2D eigenvalue weighted by Gasteiger charge is -2.21. The molecular weight excluding hydrogens is 356 g/mol. The normalized spacial score (nSPS) is 24.4. The zero-order chi connectivity index (χ0) is 19.1. The number of aliphatic hydroxyl groups excluding tert-OH is 2. The summed E-state index contributed by atoms with van der Waals surface area (Å²) >= 11 is 1.51. The van der Waals surface area contributed by atoms with E-state index in [4.69, 9.17) is 0 Å². The van der Waals surface area contributed by atoms with Gasteiger partial charge in [-0.05, 0) is 53.8 Å². The average molecular weight is 378 g/mol. The summed E-state index contributed by atoms with van der Waals surface area (Å²) in [5.41, 5.74) is 5.04. The van der Waals surface area contributed by atoms with Crippen LogP contribution in [0, 0.1) is 6.92 Å². The first-order chi connectivity index (χ1) is 13.0. The molecule has 0 radical (unpaired) electrons. The van der Waals surface area contributed by atoms with Gasteiger partial charge in [0.1, 0.15) is 12.2 Å². The number of ketones is 1. The number of carbonyl (C=O) groups is 1. The van der Waals surface area contributed by atoms with Gasteiger partial charge in [0.25, 0.3) is 0 Å². The highest BCUT2D eigenvalue weighted by atomic mass is 32.2. The SMILES string of the molecule is CCC1C(=O)C2=CC(O)C(O)C=C2Sc2cc(-c3ccccc3C)ccc21. The van der Waals surface area contributed by atoms with Crippen molar-refractivity contribution in [3.05, 3.63) is 76.2 Å². The molecule has 0 bridgehead atoms. The van der Waals surface area contributed by atoms with Crippen molar-refractivity contribution >= 4 is 17.5 Å². The molecule has 1 aliphatic heterocycles. The van der Waals surface area contributed by atoms with E-state index in [2.05, 4.69) is 37.3 Å². The Bertz CT molecular complexity index is 973. The Morgan fingerprint density at radius 2 is 1.78 bits per heavy atom. The number of fused-ring (bicyclic) bond motifs is 2. The Labute approximate surface area is 163 Å². The van der Waals surface area contributed by atoms with Crippen LogP contribution in [0.5, 0.6) is 0 Å². The third-order valence-electron chi connectivity index (χ3n) is 5.33. The fraction of sp³-hybridized carbons (Fsp3) is 0.261. The Balaban J connectivity index is 1.86. The minimum absolute atomic E-state index is 0.0181. The maximum absolute atomic E-state index is 13.1. The van der Waals surface area contributed by atoms with Crippen LogP contribution < -0.4 is 0 Å². The van der Waals surface area contributed by atoms with Crippen LogP contribution in [0.1, 0.15) is 30.4 Å². The van der Waals surface area contributed by atoms with E-state index in [0.717, 1.165) is 20.9 Å². The van der Waals surface area contributed by atoms with Crippen LogP contribution in [0.2, 0.25) is 0 Å². The molecule has 3 unspecified atom stereocenters. The van der Waals surface area contributed by atoms with E-state index < -0.39 is 12.2 Å². The third-order valence-corrected chi connectivity index (χ3v) is 6.48. The summed E-state index contributed by atoms with van der Waals surface area (Å²) < 4.78 is 0. The van der Waals surface area contributed by atoms with Gasteiger partial charge in [0.2, 0.25) is 0 Å². The van der Waals surface area contributed by atoms with Crippen LogP contribution in [0.4, 0.5) is 0 Å². The number of hydrogen-bond acceptors (Lipinski definition) is 4. The van der Waals surface area contributed by atoms with Crippen molar-refractivity contribution in [3.8, 4) is 11.1 Å². The molecule has 27 heavy (non-hydrogen) atoms. The lowest BCUT2D eigenvalue weighted by Crippen LogP contribution is -2.27. The molecular formula is C23H22O3S. The Hall–Kier alpha value is -2.14. The molecule has 1 heterocycles. The second-order valence-corrected chi connectivity index (χ2v) is 8.17. The predicted molar refractivity (Wildman–Crippen MR) is 109 cm³/mol. The lowest BCUT2D eigenvalue weighted by molar-refractivity contribution is -0.116. The second-order valence-electron chi connectivity index (χ2n) is 7.09. The summed E-state index contributed by atoms with van der Waals surface area (Å²) in [4.78, 5) is 14.9. The summed E-state index contributed by atoms with van der Waals surface area (Å²) in [6, 6.07) is 14.5. The standard InChI is InChI=1S/C23H22O3S/c1-3-15-17-9-8-14(16-7-5-4-6-13(16)2)10-21(17)27-22-12-20(25)19(24)11-18(22)23(15)26/h4-12,15,19-20,24-25H,3H2,1-2H3. The summed E-state index contributed by atoms with van der Waals surface area (Å²) in [6.07, 6.45) is 1.79. The van der Waals surface area contributed by atoms with Crippen LogP contribution in [0.25, 0.3) is 11.1 Å². The molecule has 1 aliphatic carbocycles. The van der Waals surface area contributed by atoms with E-state index in [-0.39, 0.29) is 11.7 Å². The van der Waals surface area contributed by atoms with Gasteiger partial charge in [0, 0.05) is 21.3 Å². The van der Waals surface area contributed by atoms with Crippen molar-refractivity contribution in [2.24, 2.45) is 0 Å². The quantitative estimate of drug-likeness (QED) is 0.814. The molecule has 0 saturated heterocycles. The first-order valence-electron chi connectivity index (χ1n) is 9.21. The molecule has 0 fully saturated rings. The van der Waals surface area contributed by atoms with Gasteiger partial charge >= 0.3 is 0 Å². The fourth-order valence-corrected chi connectivity index (χ4v) is 5.05. The van der Waals surface area contributed by atoms with E-state index >= 15 is 0 Å². The number of Topliss-reactive ketones (excluding diaryl/α,β-unsaturated/α-hetero) is 1. The highest BCUT2D eigenvalue weighted by Crippen LogP contribution is 2.46. The molecule has 0 amide bonds. The Morgan fingerprint density at radius 3 is 2.52 bits per heavy atom. The summed E-state index contributed by atoms with van der Waals surface area (Å²) in [6.45, 7) is 4.10. The molecule has 4 heteroatoms. The molecule has 2 aliphatic rings. The van der Waals surface area contributed by atoms with Crippen molar-refractivity contribution in [3.63, 3.8) is 0 Å². The Morgan fingerprint density at radius 1 is 1.04 bits per heavy atom. The van der Waals surface area contributed by atoms with Gasteiger partial charge in [-0.1, -0.05) is 55.1 Å². The third kappa shape index (κ3) is 3.18. The topological polar surface area (TPSA) is 57.5 Å². The van der Waals surface area contributed by atoms with Gasteiger partial charge in [0.05, 0.1) is 0 Å². The number of thioether (sulfide) groups is 1. The number of benzene rings is 2. The zero-order valence-electron chi connectivity index (χ0n) is 15.3. The van der Waals surface area contributed by atoms with Gasteiger partial charge in [0.15, 0.2) is 5.78 Å². The first-order valence-corrected chi connectivity index (χ1v) is 10.0. The summed E-state index contributed by atoms with van der Waals surface area (Å²) in [7, 11) is 0. The average Bonchev–Trinajstić information content (AvgIpc) is 2.76. The summed E-state index contributed by atoms with van der Waals surface area (Å²) in [5, 5.41) is 20.0. The number of carbonyl (C=O) groups excluding carboxylic acids is 1.